The number of rotatable bonds is 10. The standard InChI is InChI=1S/C18H26N2O3/c1-3-5-6-7-8-13-17(21)19-20-18(22)15-11-9-10-12-16(15)23-14-4-2/h4,9-12H,2-3,5-8,13-14H2,1H3,(H,19,21)(H,20,22). The molecule has 126 valence electrons. The summed E-state index contributed by atoms with van der Waals surface area (Å²) in [5, 5.41) is 0. The van der Waals surface area contributed by atoms with Crippen LogP contribution in [0.25, 0.3) is 0 Å². The maximum Gasteiger partial charge on any atom is 0.273 e. The Morgan fingerprint density at radius 1 is 1.13 bits per heavy atom. The van der Waals surface area contributed by atoms with Gasteiger partial charge in [0.1, 0.15) is 12.4 Å². The molecule has 0 fully saturated rings. The molecule has 0 aliphatic heterocycles. The molecule has 0 spiro atoms. The van der Waals surface area contributed by atoms with E-state index in [1.807, 2.05) is 0 Å². The molecule has 1 aromatic rings. The number of hydrogen-bond donors (Lipinski definition) is 2. The Morgan fingerprint density at radius 3 is 2.61 bits per heavy atom. The predicted molar refractivity (Wildman–Crippen MR) is 91.1 cm³/mol. The molecule has 0 radical (unpaired) electrons. The lowest BCUT2D eigenvalue weighted by atomic mass is 10.1. The minimum absolute atomic E-state index is 0.181. The van der Waals surface area contributed by atoms with Crippen LogP contribution in [-0.2, 0) is 4.79 Å². The van der Waals surface area contributed by atoms with E-state index >= 15 is 0 Å². The summed E-state index contributed by atoms with van der Waals surface area (Å²) in [6.07, 6.45) is 7.40. The lowest BCUT2D eigenvalue weighted by molar-refractivity contribution is -0.122. The first kappa shape index (κ1) is 18.7. The van der Waals surface area contributed by atoms with Crippen LogP contribution < -0.4 is 15.6 Å². The second-order valence-corrected chi connectivity index (χ2v) is 5.26. The van der Waals surface area contributed by atoms with Gasteiger partial charge in [-0.2, -0.15) is 0 Å². The fourth-order valence-electron chi connectivity index (χ4n) is 2.07. The van der Waals surface area contributed by atoms with Crippen LogP contribution in [0, 0.1) is 0 Å². The number of nitrogens with one attached hydrogen (secondary N) is 2. The van der Waals surface area contributed by atoms with E-state index < -0.39 is 5.91 Å². The molecule has 0 aromatic heterocycles. The molecule has 0 saturated carbocycles. The SMILES string of the molecule is C=CCOc1ccccc1C(=O)NNC(=O)CCCCCCC. The summed E-state index contributed by atoms with van der Waals surface area (Å²) < 4.78 is 5.43. The van der Waals surface area contributed by atoms with Crippen LogP contribution >= 0.6 is 0 Å². The minimum Gasteiger partial charge on any atom is -0.489 e. The molecule has 1 aromatic carbocycles. The fourth-order valence-corrected chi connectivity index (χ4v) is 2.07. The van der Waals surface area contributed by atoms with Gasteiger partial charge in [-0.05, 0) is 18.6 Å². The van der Waals surface area contributed by atoms with E-state index in [9.17, 15) is 9.59 Å². The molecule has 2 amide bonds. The molecule has 0 atom stereocenters. The van der Waals surface area contributed by atoms with Crippen molar-refractivity contribution >= 4 is 11.8 Å². The second-order valence-electron chi connectivity index (χ2n) is 5.26. The van der Waals surface area contributed by atoms with Crippen molar-refractivity contribution in [2.24, 2.45) is 0 Å². The van der Waals surface area contributed by atoms with Gasteiger partial charge < -0.3 is 4.74 Å². The average Bonchev–Trinajstić information content (AvgIpc) is 2.58. The molecule has 0 heterocycles. The number of amides is 2. The average molecular weight is 318 g/mol. The summed E-state index contributed by atoms with van der Waals surface area (Å²) in [4.78, 5) is 23.8. The second kappa shape index (κ2) is 11.3. The van der Waals surface area contributed by atoms with Crippen molar-refractivity contribution in [1.82, 2.24) is 10.9 Å². The fraction of sp³-hybridized carbons (Fsp3) is 0.444. The van der Waals surface area contributed by atoms with Crippen LogP contribution in [-0.4, -0.2) is 18.4 Å². The maximum atomic E-state index is 12.1. The zero-order chi connectivity index (χ0) is 16.9. The molecule has 2 N–H and O–H groups in total. The van der Waals surface area contributed by atoms with Crippen molar-refractivity contribution in [3.05, 3.63) is 42.5 Å². The summed E-state index contributed by atoms with van der Waals surface area (Å²) in [5.74, 6) is -0.123. The van der Waals surface area contributed by atoms with E-state index in [0.717, 1.165) is 19.3 Å². The third-order valence-corrected chi connectivity index (χ3v) is 3.31. The van der Waals surface area contributed by atoms with Crippen LogP contribution in [0.4, 0.5) is 0 Å². The third kappa shape index (κ3) is 7.49. The van der Waals surface area contributed by atoms with Crippen molar-refractivity contribution < 1.29 is 14.3 Å². The van der Waals surface area contributed by atoms with Crippen LogP contribution in [0.1, 0.15) is 55.8 Å². The van der Waals surface area contributed by atoms with E-state index in [1.54, 1.807) is 30.3 Å². The summed E-state index contributed by atoms with van der Waals surface area (Å²) >= 11 is 0. The van der Waals surface area contributed by atoms with Gasteiger partial charge in [-0.3, -0.25) is 20.4 Å². The number of ether oxygens (including phenoxy) is 1. The Morgan fingerprint density at radius 2 is 1.87 bits per heavy atom. The maximum absolute atomic E-state index is 12.1. The van der Waals surface area contributed by atoms with Crippen molar-refractivity contribution in [1.29, 1.82) is 0 Å². The number of carbonyl (C=O) groups is 2. The molecule has 23 heavy (non-hydrogen) atoms. The number of unbranched alkanes of at least 4 members (excludes halogenated alkanes) is 4. The molecule has 0 bridgehead atoms. The predicted octanol–water partition coefficient (Wildman–Crippen LogP) is 3.37. The van der Waals surface area contributed by atoms with E-state index in [4.69, 9.17) is 4.74 Å². The van der Waals surface area contributed by atoms with Crippen LogP contribution in [0.5, 0.6) is 5.75 Å². The Labute approximate surface area is 138 Å². The zero-order valence-electron chi connectivity index (χ0n) is 13.8. The Bertz CT molecular complexity index is 515. The molecule has 0 saturated heterocycles. The van der Waals surface area contributed by atoms with E-state index in [2.05, 4.69) is 24.4 Å². The molecular weight excluding hydrogens is 292 g/mol. The van der Waals surface area contributed by atoms with Gasteiger partial charge in [0, 0.05) is 6.42 Å². The lowest BCUT2D eigenvalue weighted by Gasteiger charge is -2.11. The van der Waals surface area contributed by atoms with Gasteiger partial charge in [0.2, 0.25) is 5.91 Å². The molecule has 0 unspecified atom stereocenters. The van der Waals surface area contributed by atoms with E-state index in [-0.39, 0.29) is 5.91 Å². The van der Waals surface area contributed by atoms with Crippen LogP contribution in [0.2, 0.25) is 0 Å². The molecule has 5 heteroatoms. The number of hydrogen-bond acceptors (Lipinski definition) is 3. The van der Waals surface area contributed by atoms with E-state index in [0.29, 0.717) is 24.3 Å². The van der Waals surface area contributed by atoms with Crippen molar-refractivity contribution in [2.45, 2.75) is 45.4 Å². The Hall–Kier alpha value is -2.30. The van der Waals surface area contributed by atoms with Gasteiger partial charge in [0.25, 0.3) is 5.91 Å². The highest BCUT2D eigenvalue weighted by atomic mass is 16.5. The number of benzene rings is 1. The van der Waals surface area contributed by atoms with Gasteiger partial charge in [0.15, 0.2) is 0 Å². The summed E-state index contributed by atoms with van der Waals surface area (Å²) in [5.41, 5.74) is 5.24. The monoisotopic (exact) mass is 318 g/mol. The highest BCUT2D eigenvalue weighted by Crippen LogP contribution is 2.17. The summed E-state index contributed by atoms with van der Waals surface area (Å²) in [6, 6.07) is 6.87. The molecule has 0 aliphatic carbocycles. The van der Waals surface area contributed by atoms with Gasteiger partial charge in [-0.25, -0.2) is 0 Å². The van der Waals surface area contributed by atoms with Crippen LogP contribution in [0.15, 0.2) is 36.9 Å². The lowest BCUT2D eigenvalue weighted by Crippen LogP contribution is -2.41. The number of hydrazine groups is 1. The molecule has 1 rings (SSSR count). The quantitative estimate of drug-likeness (QED) is 0.395. The van der Waals surface area contributed by atoms with Crippen molar-refractivity contribution in [3.63, 3.8) is 0 Å². The molecule has 0 aliphatic rings. The highest BCUT2D eigenvalue weighted by molar-refractivity contribution is 5.97. The minimum atomic E-state index is -0.399. The summed E-state index contributed by atoms with van der Waals surface area (Å²) in [6.45, 7) is 6.04. The first-order valence-corrected chi connectivity index (χ1v) is 8.11. The first-order valence-electron chi connectivity index (χ1n) is 8.11. The third-order valence-electron chi connectivity index (χ3n) is 3.31. The smallest absolute Gasteiger partial charge is 0.273 e. The number of carbonyl (C=O) groups excluding carboxylic acids is 2. The Balaban J connectivity index is 2.38. The topological polar surface area (TPSA) is 67.4 Å². The van der Waals surface area contributed by atoms with Crippen molar-refractivity contribution in [3.8, 4) is 5.75 Å². The van der Waals surface area contributed by atoms with Gasteiger partial charge >= 0.3 is 0 Å². The largest absolute Gasteiger partial charge is 0.489 e. The van der Waals surface area contributed by atoms with Gasteiger partial charge in [0.05, 0.1) is 5.56 Å². The highest BCUT2D eigenvalue weighted by Gasteiger charge is 2.12. The normalized spacial score (nSPS) is 9.96. The first-order chi connectivity index (χ1) is 11.2. The van der Waals surface area contributed by atoms with E-state index in [1.165, 1.54) is 12.8 Å². The number of para-hydroxylation sites is 1. The molecule has 5 nitrogen and oxygen atoms in total. The molecular formula is C18H26N2O3. The van der Waals surface area contributed by atoms with Gasteiger partial charge in [-0.15, -0.1) is 0 Å². The Kier molecular flexibility index (Phi) is 9.20. The zero-order valence-corrected chi connectivity index (χ0v) is 13.8. The summed E-state index contributed by atoms with van der Waals surface area (Å²) in [7, 11) is 0. The van der Waals surface area contributed by atoms with Crippen molar-refractivity contribution in [2.75, 3.05) is 6.61 Å². The van der Waals surface area contributed by atoms with Crippen LogP contribution in [0.3, 0.4) is 0 Å². The van der Waals surface area contributed by atoms with Gasteiger partial charge in [-0.1, -0.05) is 57.4 Å².